The van der Waals surface area contributed by atoms with Gasteiger partial charge in [-0.05, 0) is 35.7 Å². The van der Waals surface area contributed by atoms with Gasteiger partial charge >= 0.3 is 5.97 Å². The van der Waals surface area contributed by atoms with Gasteiger partial charge in [-0.3, -0.25) is 0 Å². The molecular formula is C21H20O6. The summed E-state index contributed by atoms with van der Waals surface area (Å²) in [5.74, 6) is 1.31. The third-order valence-corrected chi connectivity index (χ3v) is 4.80. The van der Waals surface area contributed by atoms with Crippen LogP contribution < -0.4 is 14.2 Å². The van der Waals surface area contributed by atoms with Gasteiger partial charge in [-0.2, -0.15) is 0 Å². The first kappa shape index (κ1) is 17.3. The summed E-state index contributed by atoms with van der Waals surface area (Å²) in [4.78, 5) is 12.1. The van der Waals surface area contributed by atoms with Crippen molar-refractivity contribution in [1.82, 2.24) is 0 Å². The quantitative estimate of drug-likeness (QED) is 0.875. The fraction of sp³-hybridized carbons (Fsp3) is 0.286. The van der Waals surface area contributed by atoms with Crippen LogP contribution in [0.25, 0.3) is 5.76 Å². The van der Waals surface area contributed by atoms with Crippen LogP contribution in [-0.4, -0.2) is 25.0 Å². The van der Waals surface area contributed by atoms with Gasteiger partial charge < -0.3 is 24.1 Å². The molecule has 0 saturated heterocycles. The van der Waals surface area contributed by atoms with E-state index in [4.69, 9.17) is 18.9 Å². The molecule has 2 aliphatic heterocycles. The minimum absolute atomic E-state index is 0.0600. The number of carboxylic acid groups (broad SMARTS) is 1. The smallest absolute Gasteiger partial charge is 0.339 e. The van der Waals surface area contributed by atoms with Gasteiger partial charge in [0.1, 0.15) is 17.1 Å². The van der Waals surface area contributed by atoms with Gasteiger partial charge in [0, 0.05) is 5.56 Å². The Morgan fingerprint density at radius 2 is 1.85 bits per heavy atom. The average molecular weight is 368 g/mol. The second kappa shape index (κ2) is 6.54. The van der Waals surface area contributed by atoms with Crippen molar-refractivity contribution in [3.8, 4) is 17.2 Å². The largest absolute Gasteiger partial charge is 0.495 e. The highest BCUT2D eigenvalue weighted by Crippen LogP contribution is 2.45. The third-order valence-electron chi connectivity index (χ3n) is 4.80. The zero-order chi connectivity index (χ0) is 19.1. The topological polar surface area (TPSA) is 74.2 Å². The van der Waals surface area contributed by atoms with Gasteiger partial charge in [-0.1, -0.05) is 26.0 Å². The number of ether oxygens (including phenoxy) is 4. The van der Waals surface area contributed by atoms with E-state index in [1.807, 2.05) is 18.2 Å². The molecule has 4 rings (SSSR count). The molecule has 0 aliphatic carbocycles. The summed E-state index contributed by atoms with van der Waals surface area (Å²) in [5, 5.41) is 9.90. The highest BCUT2D eigenvalue weighted by Gasteiger charge is 2.36. The molecule has 2 heterocycles. The number of rotatable bonds is 4. The van der Waals surface area contributed by atoms with E-state index in [1.165, 1.54) is 7.11 Å². The van der Waals surface area contributed by atoms with Crippen LogP contribution in [0.15, 0.2) is 42.0 Å². The summed E-state index contributed by atoms with van der Waals surface area (Å²) < 4.78 is 22.4. The molecule has 6 nitrogen and oxygen atoms in total. The zero-order valence-corrected chi connectivity index (χ0v) is 15.3. The van der Waals surface area contributed by atoms with Crippen molar-refractivity contribution < 1.29 is 28.8 Å². The summed E-state index contributed by atoms with van der Waals surface area (Å²) in [7, 11) is 1.48. The van der Waals surface area contributed by atoms with Crippen molar-refractivity contribution >= 4 is 11.7 Å². The lowest BCUT2D eigenvalue weighted by molar-refractivity contribution is -0.133. The number of fused-ring (bicyclic) bond motifs is 2. The molecule has 0 radical (unpaired) electrons. The highest BCUT2D eigenvalue weighted by molar-refractivity contribution is 5.98. The zero-order valence-electron chi connectivity index (χ0n) is 15.3. The number of carboxylic acids is 1. The van der Waals surface area contributed by atoms with E-state index in [1.54, 1.807) is 18.2 Å². The molecular weight excluding hydrogens is 348 g/mol. The molecule has 1 atom stereocenters. The Morgan fingerprint density at radius 1 is 1.11 bits per heavy atom. The van der Waals surface area contributed by atoms with Crippen LogP contribution in [-0.2, 0) is 9.53 Å². The molecule has 6 heteroatoms. The molecule has 140 valence electrons. The first-order chi connectivity index (χ1) is 13.0. The lowest BCUT2D eigenvalue weighted by atomic mass is 9.92. The van der Waals surface area contributed by atoms with E-state index in [0.29, 0.717) is 40.1 Å². The van der Waals surface area contributed by atoms with Crippen LogP contribution in [0.5, 0.6) is 17.2 Å². The second-order valence-electron chi connectivity index (χ2n) is 6.77. The van der Waals surface area contributed by atoms with Gasteiger partial charge in [-0.15, -0.1) is 0 Å². The third kappa shape index (κ3) is 2.87. The standard InChI is InChI=1S/C21H20O6/c1-11(2)12-4-6-15-14(8-12)20(24-3)18(21(22)23)19(27-15)13-5-7-16-17(9-13)26-10-25-16/h4-9,11,19H,10H2,1-3H3,(H,22,23)/t19-/m1/s1. The first-order valence-corrected chi connectivity index (χ1v) is 8.71. The van der Waals surface area contributed by atoms with Gasteiger partial charge in [0.2, 0.25) is 6.79 Å². The lowest BCUT2D eigenvalue weighted by Crippen LogP contribution is -2.23. The summed E-state index contributed by atoms with van der Waals surface area (Å²) in [5.41, 5.74) is 2.45. The van der Waals surface area contributed by atoms with Crippen LogP contribution >= 0.6 is 0 Å². The number of aliphatic carboxylic acids is 1. The molecule has 1 N–H and O–H groups in total. The van der Waals surface area contributed by atoms with Gasteiger partial charge in [0.25, 0.3) is 0 Å². The van der Waals surface area contributed by atoms with Crippen molar-refractivity contribution in [2.75, 3.05) is 13.9 Å². The van der Waals surface area contributed by atoms with Gasteiger partial charge in [0.05, 0.1) is 12.7 Å². The molecule has 2 aromatic carbocycles. The Bertz CT molecular complexity index is 944. The number of benzene rings is 2. The summed E-state index contributed by atoms with van der Waals surface area (Å²) >= 11 is 0. The van der Waals surface area contributed by atoms with Crippen LogP contribution in [0.3, 0.4) is 0 Å². The fourth-order valence-electron chi connectivity index (χ4n) is 3.38. The predicted molar refractivity (Wildman–Crippen MR) is 98.0 cm³/mol. The number of hydrogen-bond acceptors (Lipinski definition) is 5. The van der Waals surface area contributed by atoms with Gasteiger partial charge in [-0.25, -0.2) is 4.79 Å². The molecule has 2 aromatic rings. The Morgan fingerprint density at radius 3 is 2.56 bits per heavy atom. The molecule has 27 heavy (non-hydrogen) atoms. The summed E-state index contributed by atoms with van der Waals surface area (Å²) in [6.07, 6.45) is -0.815. The molecule has 0 aromatic heterocycles. The van der Waals surface area contributed by atoms with E-state index in [-0.39, 0.29) is 12.4 Å². The van der Waals surface area contributed by atoms with E-state index < -0.39 is 12.1 Å². The SMILES string of the molecule is COC1=C(C(=O)O)[C@@H](c2ccc3c(c2)OCO3)Oc2ccc(C(C)C)cc21. The monoisotopic (exact) mass is 368 g/mol. The predicted octanol–water partition coefficient (Wildman–Crippen LogP) is 4.11. The maximum absolute atomic E-state index is 12.1. The van der Waals surface area contributed by atoms with Crippen molar-refractivity contribution in [2.24, 2.45) is 0 Å². The fourth-order valence-corrected chi connectivity index (χ4v) is 3.38. The Kier molecular flexibility index (Phi) is 4.18. The number of carbonyl (C=O) groups is 1. The Balaban J connectivity index is 1.86. The van der Waals surface area contributed by atoms with E-state index in [0.717, 1.165) is 5.56 Å². The average Bonchev–Trinajstić information content (AvgIpc) is 3.13. The second-order valence-corrected chi connectivity index (χ2v) is 6.77. The Labute approximate surface area is 156 Å². The molecule has 0 saturated carbocycles. The first-order valence-electron chi connectivity index (χ1n) is 8.71. The van der Waals surface area contributed by atoms with Crippen LogP contribution in [0.1, 0.15) is 42.6 Å². The molecule has 0 amide bonds. The number of methoxy groups -OCH3 is 1. The normalized spacial score (nSPS) is 17.6. The number of hydrogen-bond donors (Lipinski definition) is 1. The van der Waals surface area contributed by atoms with E-state index in [2.05, 4.69) is 13.8 Å². The Hall–Kier alpha value is -3.15. The maximum atomic E-state index is 12.1. The summed E-state index contributed by atoms with van der Waals surface area (Å²) in [6.45, 7) is 4.31. The minimum atomic E-state index is -1.09. The van der Waals surface area contributed by atoms with Crippen LogP contribution in [0.2, 0.25) is 0 Å². The van der Waals surface area contributed by atoms with Crippen LogP contribution in [0.4, 0.5) is 0 Å². The highest BCUT2D eigenvalue weighted by atomic mass is 16.7. The van der Waals surface area contributed by atoms with Crippen LogP contribution in [0, 0.1) is 0 Å². The molecule has 0 spiro atoms. The van der Waals surface area contributed by atoms with E-state index >= 15 is 0 Å². The molecule has 0 bridgehead atoms. The van der Waals surface area contributed by atoms with Crippen molar-refractivity contribution in [3.63, 3.8) is 0 Å². The van der Waals surface area contributed by atoms with Crippen molar-refractivity contribution in [3.05, 3.63) is 58.7 Å². The molecule has 0 unspecified atom stereocenters. The van der Waals surface area contributed by atoms with Gasteiger partial charge in [0.15, 0.2) is 17.6 Å². The maximum Gasteiger partial charge on any atom is 0.339 e. The van der Waals surface area contributed by atoms with Crippen molar-refractivity contribution in [1.29, 1.82) is 0 Å². The van der Waals surface area contributed by atoms with Crippen molar-refractivity contribution in [2.45, 2.75) is 25.9 Å². The summed E-state index contributed by atoms with van der Waals surface area (Å²) in [6, 6.07) is 11.1. The van der Waals surface area contributed by atoms with E-state index in [9.17, 15) is 9.90 Å². The molecule has 0 fully saturated rings. The minimum Gasteiger partial charge on any atom is -0.495 e. The lowest BCUT2D eigenvalue weighted by Gasteiger charge is -2.29. The molecule has 2 aliphatic rings.